The van der Waals surface area contributed by atoms with E-state index in [9.17, 15) is 4.79 Å². The zero-order valence-corrected chi connectivity index (χ0v) is 10.4. The van der Waals surface area contributed by atoms with Crippen molar-refractivity contribution in [1.82, 2.24) is 9.55 Å². The van der Waals surface area contributed by atoms with Crippen LogP contribution < -0.4 is 0 Å². The molecule has 1 heterocycles. The summed E-state index contributed by atoms with van der Waals surface area (Å²) in [7, 11) is 1.72. The normalized spacial score (nSPS) is 11.8. The number of carbonyl (C=O) groups is 1. The van der Waals surface area contributed by atoms with Crippen LogP contribution in [0.4, 0.5) is 0 Å². The van der Waals surface area contributed by atoms with Crippen LogP contribution in [0, 0.1) is 11.3 Å². The third-order valence-electron chi connectivity index (χ3n) is 2.64. The molecule has 0 saturated carbocycles. The topological polar surface area (TPSA) is 58.7 Å². The maximum atomic E-state index is 12.2. The molecule has 0 fully saturated rings. The first-order chi connectivity index (χ1) is 8.63. The smallest absolute Gasteiger partial charge is 0.219 e. The lowest BCUT2D eigenvalue weighted by Gasteiger charge is -2.08. The van der Waals surface area contributed by atoms with Crippen molar-refractivity contribution in [3.05, 3.63) is 53.1 Å². The number of imidazole rings is 1. The number of nitriles is 1. The Hall–Kier alpha value is -2.12. The van der Waals surface area contributed by atoms with E-state index < -0.39 is 5.92 Å². The van der Waals surface area contributed by atoms with E-state index in [2.05, 4.69) is 4.98 Å². The fourth-order valence-corrected chi connectivity index (χ4v) is 1.80. The Labute approximate surface area is 109 Å². The molecule has 1 atom stereocenters. The van der Waals surface area contributed by atoms with E-state index in [1.807, 2.05) is 6.07 Å². The molecule has 1 aromatic carbocycles. The van der Waals surface area contributed by atoms with Gasteiger partial charge in [-0.3, -0.25) is 4.79 Å². The number of carbonyl (C=O) groups excluding carboxylic acids is 1. The molecule has 1 aromatic heterocycles. The quantitative estimate of drug-likeness (QED) is 0.796. The number of rotatable bonds is 3. The summed E-state index contributed by atoms with van der Waals surface area (Å²) in [5.74, 6) is -0.896. The van der Waals surface area contributed by atoms with Gasteiger partial charge in [0.15, 0.2) is 5.82 Å². The Kier molecular flexibility index (Phi) is 3.45. The summed E-state index contributed by atoms with van der Waals surface area (Å²) in [6.07, 6.45) is 3.20. The second kappa shape index (κ2) is 5.03. The lowest BCUT2D eigenvalue weighted by atomic mass is 9.96. The largest absolute Gasteiger partial charge is 0.332 e. The van der Waals surface area contributed by atoms with Crippen LogP contribution in [0.2, 0.25) is 5.02 Å². The van der Waals surface area contributed by atoms with Crippen LogP contribution in [0.3, 0.4) is 0 Å². The third kappa shape index (κ3) is 2.27. The molecule has 0 saturated heterocycles. The van der Waals surface area contributed by atoms with Crippen molar-refractivity contribution in [2.45, 2.75) is 5.92 Å². The van der Waals surface area contributed by atoms with Gasteiger partial charge in [0.2, 0.25) is 5.78 Å². The van der Waals surface area contributed by atoms with Crippen molar-refractivity contribution in [2.24, 2.45) is 7.05 Å². The van der Waals surface area contributed by atoms with E-state index in [0.29, 0.717) is 10.6 Å². The Morgan fingerprint density at radius 3 is 2.61 bits per heavy atom. The fourth-order valence-electron chi connectivity index (χ4n) is 1.67. The van der Waals surface area contributed by atoms with Gasteiger partial charge >= 0.3 is 0 Å². The molecule has 1 unspecified atom stereocenters. The van der Waals surface area contributed by atoms with E-state index in [0.717, 1.165) is 0 Å². The molecule has 90 valence electrons. The zero-order chi connectivity index (χ0) is 13.1. The van der Waals surface area contributed by atoms with Crippen LogP contribution >= 0.6 is 11.6 Å². The van der Waals surface area contributed by atoms with Gasteiger partial charge in [-0.15, -0.1) is 0 Å². The zero-order valence-electron chi connectivity index (χ0n) is 9.67. The average Bonchev–Trinajstić information content (AvgIpc) is 2.78. The van der Waals surface area contributed by atoms with Crippen LogP contribution in [-0.4, -0.2) is 15.3 Å². The van der Waals surface area contributed by atoms with Crippen molar-refractivity contribution in [3.63, 3.8) is 0 Å². The molecule has 4 nitrogen and oxygen atoms in total. The highest BCUT2D eigenvalue weighted by Gasteiger charge is 2.24. The first-order valence-corrected chi connectivity index (χ1v) is 5.68. The van der Waals surface area contributed by atoms with E-state index in [1.165, 1.54) is 6.20 Å². The van der Waals surface area contributed by atoms with Gasteiger partial charge in [0, 0.05) is 24.5 Å². The third-order valence-corrected chi connectivity index (χ3v) is 2.89. The van der Waals surface area contributed by atoms with Crippen molar-refractivity contribution in [3.8, 4) is 6.07 Å². The Balaban J connectivity index is 2.36. The number of hydrogen-bond donors (Lipinski definition) is 0. The first kappa shape index (κ1) is 12.3. The molecule has 0 aliphatic rings. The minimum absolute atomic E-state index is 0.275. The molecule has 0 aliphatic carbocycles. The molecule has 2 rings (SSSR count). The maximum Gasteiger partial charge on any atom is 0.219 e. The van der Waals surface area contributed by atoms with Crippen LogP contribution in [0.15, 0.2) is 36.7 Å². The molecule has 2 aromatic rings. The molecule has 0 N–H and O–H groups in total. The van der Waals surface area contributed by atoms with Gasteiger partial charge in [-0.2, -0.15) is 5.26 Å². The molecular formula is C13H10ClN3O. The highest BCUT2D eigenvalue weighted by Crippen LogP contribution is 2.21. The Morgan fingerprint density at radius 1 is 1.44 bits per heavy atom. The van der Waals surface area contributed by atoms with Gasteiger partial charge < -0.3 is 4.57 Å². The molecular weight excluding hydrogens is 250 g/mol. The number of aromatic nitrogens is 2. The van der Waals surface area contributed by atoms with Gasteiger partial charge in [-0.05, 0) is 17.7 Å². The second-order valence-corrected chi connectivity index (χ2v) is 4.28. The molecule has 0 spiro atoms. The number of benzene rings is 1. The predicted molar refractivity (Wildman–Crippen MR) is 67.3 cm³/mol. The summed E-state index contributed by atoms with van der Waals surface area (Å²) in [6.45, 7) is 0. The molecule has 0 amide bonds. The number of nitrogens with zero attached hydrogens (tertiary/aromatic N) is 3. The van der Waals surface area contributed by atoms with Crippen LogP contribution in [0.5, 0.6) is 0 Å². The number of hydrogen-bond acceptors (Lipinski definition) is 3. The number of aryl methyl sites for hydroxylation is 1. The summed E-state index contributed by atoms with van der Waals surface area (Å²) in [6, 6.07) is 8.68. The molecule has 5 heteroatoms. The highest BCUT2D eigenvalue weighted by molar-refractivity contribution is 6.30. The van der Waals surface area contributed by atoms with Gasteiger partial charge in [-0.1, -0.05) is 23.7 Å². The van der Waals surface area contributed by atoms with Gasteiger partial charge in [0.05, 0.1) is 6.07 Å². The first-order valence-electron chi connectivity index (χ1n) is 5.30. The van der Waals surface area contributed by atoms with Crippen molar-refractivity contribution in [2.75, 3.05) is 0 Å². The average molecular weight is 260 g/mol. The lowest BCUT2D eigenvalue weighted by Crippen LogP contribution is -2.15. The maximum absolute atomic E-state index is 12.2. The number of Topliss-reactive ketones (excluding diaryl/α,β-unsaturated/α-hetero) is 1. The van der Waals surface area contributed by atoms with Gasteiger partial charge in [-0.25, -0.2) is 4.98 Å². The standard InChI is InChI=1S/C13H10ClN3O/c1-17-7-6-16-13(17)12(18)11(8-15)9-2-4-10(14)5-3-9/h2-7,11H,1H3. The summed E-state index contributed by atoms with van der Waals surface area (Å²) in [5.41, 5.74) is 0.620. The van der Waals surface area contributed by atoms with Crippen molar-refractivity contribution >= 4 is 17.4 Å². The van der Waals surface area contributed by atoms with Gasteiger partial charge in [0.25, 0.3) is 0 Å². The summed E-state index contributed by atoms with van der Waals surface area (Å²) in [4.78, 5) is 16.2. The minimum atomic E-state index is -0.858. The van der Waals surface area contributed by atoms with E-state index in [4.69, 9.17) is 16.9 Å². The Morgan fingerprint density at radius 2 is 2.11 bits per heavy atom. The number of halogens is 1. The van der Waals surface area contributed by atoms with Crippen LogP contribution in [-0.2, 0) is 7.05 Å². The van der Waals surface area contributed by atoms with E-state index in [1.54, 1.807) is 42.1 Å². The van der Waals surface area contributed by atoms with E-state index >= 15 is 0 Å². The predicted octanol–water partition coefficient (Wildman–Crippen LogP) is 2.56. The van der Waals surface area contributed by atoms with E-state index in [-0.39, 0.29) is 11.6 Å². The molecule has 18 heavy (non-hydrogen) atoms. The SMILES string of the molecule is Cn1ccnc1C(=O)C(C#N)c1ccc(Cl)cc1. The van der Waals surface area contributed by atoms with Crippen molar-refractivity contribution in [1.29, 1.82) is 5.26 Å². The minimum Gasteiger partial charge on any atom is -0.332 e. The monoisotopic (exact) mass is 259 g/mol. The molecule has 0 radical (unpaired) electrons. The second-order valence-electron chi connectivity index (χ2n) is 3.84. The molecule has 0 aliphatic heterocycles. The highest BCUT2D eigenvalue weighted by atomic mass is 35.5. The summed E-state index contributed by atoms with van der Waals surface area (Å²) < 4.78 is 1.60. The lowest BCUT2D eigenvalue weighted by molar-refractivity contribution is 0.0966. The summed E-state index contributed by atoms with van der Waals surface area (Å²) in [5, 5.41) is 9.74. The fraction of sp³-hybridized carbons (Fsp3) is 0.154. The van der Waals surface area contributed by atoms with Crippen LogP contribution in [0.25, 0.3) is 0 Å². The Bertz CT molecular complexity index is 610. The van der Waals surface area contributed by atoms with Crippen molar-refractivity contribution < 1.29 is 4.79 Å². The summed E-state index contributed by atoms with van der Waals surface area (Å²) >= 11 is 5.78. The van der Waals surface area contributed by atoms with Crippen LogP contribution in [0.1, 0.15) is 22.1 Å². The van der Waals surface area contributed by atoms with Gasteiger partial charge in [0.1, 0.15) is 5.92 Å². The molecule has 0 bridgehead atoms. The number of ketones is 1.